The summed E-state index contributed by atoms with van der Waals surface area (Å²) >= 11 is 6.28. The van der Waals surface area contributed by atoms with E-state index in [0.29, 0.717) is 27.6 Å². The highest BCUT2D eigenvalue weighted by Gasteiger charge is 2.12. The van der Waals surface area contributed by atoms with Gasteiger partial charge in [-0.2, -0.15) is 5.10 Å². The second kappa shape index (κ2) is 8.33. The van der Waals surface area contributed by atoms with E-state index in [2.05, 4.69) is 25.7 Å². The van der Waals surface area contributed by atoms with E-state index in [4.69, 9.17) is 21.1 Å². The lowest BCUT2D eigenvalue weighted by molar-refractivity contribution is 0.355. The Bertz CT molecular complexity index is 1020. The Morgan fingerprint density at radius 2 is 1.89 bits per heavy atom. The average Bonchev–Trinajstić information content (AvgIpc) is 2.69. The summed E-state index contributed by atoms with van der Waals surface area (Å²) in [5, 5.41) is 12.2. The highest BCUT2D eigenvalue weighted by molar-refractivity contribution is 6.34. The van der Waals surface area contributed by atoms with Gasteiger partial charge in [-0.1, -0.05) is 41.9 Å². The van der Waals surface area contributed by atoms with Crippen molar-refractivity contribution in [2.45, 2.75) is 0 Å². The molecular formula is C18H16ClN5O3. The number of methoxy groups -OCH3 is 2. The lowest BCUT2D eigenvalue weighted by Crippen LogP contribution is -2.15. The average molecular weight is 386 g/mol. The number of rotatable bonds is 6. The molecule has 0 atom stereocenters. The molecule has 0 saturated carbocycles. The Kier molecular flexibility index (Phi) is 5.68. The van der Waals surface area contributed by atoms with E-state index in [-0.39, 0.29) is 17.2 Å². The molecule has 0 spiro atoms. The third-order valence-corrected chi connectivity index (χ3v) is 4.02. The predicted molar refractivity (Wildman–Crippen MR) is 104 cm³/mol. The third-order valence-electron chi connectivity index (χ3n) is 3.63. The van der Waals surface area contributed by atoms with Crippen LogP contribution in [0.4, 0.5) is 5.95 Å². The molecule has 0 unspecified atom stereocenters. The number of hydrogen-bond acceptors (Lipinski definition) is 7. The van der Waals surface area contributed by atoms with Crippen LogP contribution in [0, 0.1) is 0 Å². The van der Waals surface area contributed by atoms with Crippen molar-refractivity contribution in [1.29, 1.82) is 0 Å². The maximum absolute atomic E-state index is 12.2. The van der Waals surface area contributed by atoms with Crippen LogP contribution in [-0.4, -0.2) is 35.6 Å². The number of H-pyrrole nitrogens is 1. The van der Waals surface area contributed by atoms with Crippen LogP contribution in [-0.2, 0) is 0 Å². The summed E-state index contributed by atoms with van der Waals surface area (Å²) in [6.45, 7) is 0. The van der Waals surface area contributed by atoms with Gasteiger partial charge in [0.1, 0.15) is 0 Å². The zero-order chi connectivity index (χ0) is 19.2. The van der Waals surface area contributed by atoms with Gasteiger partial charge in [0, 0.05) is 11.1 Å². The number of nitrogens with one attached hydrogen (secondary N) is 2. The molecule has 3 rings (SSSR count). The number of aromatic amines is 1. The molecule has 1 aromatic heterocycles. The van der Waals surface area contributed by atoms with E-state index < -0.39 is 0 Å². The first kappa shape index (κ1) is 18.4. The lowest BCUT2D eigenvalue weighted by Gasteiger charge is -2.10. The fourth-order valence-corrected chi connectivity index (χ4v) is 2.62. The fourth-order valence-electron chi connectivity index (χ4n) is 2.34. The van der Waals surface area contributed by atoms with Crippen LogP contribution in [0.5, 0.6) is 11.5 Å². The van der Waals surface area contributed by atoms with Crippen molar-refractivity contribution in [1.82, 2.24) is 15.2 Å². The van der Waals surface area contributed by atoms with Crippen LogP contribution < -0.4 is 20.5 Å². The highest BCUT2D eigenvalue weighted by atomic mass is 35.5. The number of aromatic nitrogens is 3. The van der Waals surface area contributed by atoms with Gasteiger partial charge in [0.15, 0.2) is 17.2 Å². The van der Waals surface area contributed by atoms with Crippen molar-refractivity contribution in [3.8, 4) is 22.8 Å². The zero-order valence-corrected chi connectivity index (χ0v) is 15.3. The number of hydrogen-bond donors (Lipinski definition) is 2. The minimum absolute atomic E-state index is 0.104. The second-order valence-electron chi connectivity index (χ2n) is 5.29. The molecule has 8 nitrogen and oxygen atoms in total. The molecule has 0 radical (unpaired) electrons. The normalized spacial score (nSPS) is 10.8. The van der Waals surface area contributed by atoms with E-state index in [1.807, 2.05) is 18.2 Å². The molecule has 2 N–H and O–H groups in total. The molecule has 9 heteroatoms. The minimum Gasteiger partial charge on any atom is -0.493 e. The van der Waals surface area contributed by atoms with E-state index in [1.165, 1.54) is 20.4 Å². The predicted octanol–water partition coefficient (Wildman–Crippen LogP) is 2.95. The smallest absolute Gasteiger partial charge is 0.279 e. The first-order valence-corrected chi connectivity index (χ1v) is 8.23. The number of hydrazone groups is 1. The van der Waals surface area contributed by atoms with Gasteiger partial charge in [0.2, 0.25) is 5.95 Å². The zero-order valence-electron chi connectivity index (χ0n) is 14.6. The van der Waals surface area contributed by atoms with Crippen LogP contribution >= 0.6 is 11.6 Å². The largest absolute Gasteiger partial charge is 0.493 e. The van der Waals surface area contributed by atoms with Crippen molar-refractivity contribution in [2.75, 3.05) is 19.6 Å². The molecular weight excluding hydrogens is 370 g/mol. The summed E-state index contributed by atoms with van der Waals surface area (Å²) in [6, 6.07) is 12.5. The van der Waals surface area contributed by atoms with Crippen molar-refractivity contribution < 1.29 is 9.47 Å². The van der Waals surface area contributed by atoms with Crippen LogP contribution in [0.2, 0.25) is 5.02 Å². The number of halogens is 1. The highest BCUT2D eigenvalue weighted by Crippen LogP contribution is 2.36. The summed E-state index contributed by atoms with van der Waals surface area (Å²) in [7, 11) is 3.02. The van der Waals surface area contributed by atoms with Gasteiger partial charge in [-0.05, 0) is 12.1 Å². The van der Waals surface area contributed by atoms with Gasteiger partial charge in [0.25, 0.3) is 5.56 Å². The van der Waals surface area contributed by atoms with Crippen molar-refractivity contribution in [3.05, 3.63) is 63.4 Å². The maximum atomic E-state index is 12.2. The Labute approximate surface area is 159 Å². The molecule has 3 aromatic rings. The molecule has 0 aliphatic heterocycles. The molecule has 138 valence electrons. The molecule has 0 bridgehead atoms. The number of ether oxygens (including phenoxy) is 2. The van der Waals surface area contributed by atoms with Crippen LogP contribution in [0.25, 0.3) is 11.3 Å². The monoisotopic (exact) mass is 385 g/mol. The fraction of sp³-hybridized carbons (Fsp3) is 0.111. The van der Waals surface area contributed by atoms with Crippen LogP contribution in [0.3, 0.4) is 0 Å². The topological polar surface area (TPSA) is 101 Å². The van der Waals surface area contributed by atoms with Crippen molar-refractivity contribution in [3.63, 3.8) is 0 Å². The maximum Gasteiger partial charge on any atom is 0.279 e. The van der Waals surface area contributed by atoms with Gasteiger partial charge in [-0.25, -0.2) is 5.43 Å². The van der Waals surface area contributed by atoms with Crippen molar-refractivity contribution in [2.24, 2.45) is 5.10 Å². The Balaban J connectivity index is 1.78. The van der Waals surface area contributed by atoms with E-state index in [1.54, 1.807) is 24.3 Å². The first-order valence-electron chi connectivity index (χ1n) is 7.86. The number of benzene rings is 2. The van der Waals surface area contributed by atoms with Crippen molar-refractivity contribution >= 4 is 23.8 Å². The third kappa shape index (κ3) is 4.06. The first-order chi connectivity index (χ1) is 13.1. The summed E-state index contributed by atoms with van der Waals surface area (Å²) in [4.78, 5) is 14.8. The molecule has 2 aromatic carbocycles. The minimum atomic E-state index is -0.377. The van der Waals surface area contributed by atoms with Crippen LogP contribution in [0.15, 0.2) is 52.4 Å². The molecule has 0 aliphatic carbocycles. The van der Waals surface area contributed by atoms with E-state index in [0.717, 1.165) is 0 Å². The summed E-state index contributed by atoms with van der Waals surface area (Å²) in [5.41, 5.74) is 3.74. The van der Waals surface area contributed by atoms with Crippen LogP contribution in [0.1, 0.15) is 5.56 Å². The Hall–Kier alpha value is -3.39. The van der Waals surface area contributed by atoms with Gasteiger partial charge >= 0.3 is 0 Å². The molecule has 1 heterocycles. The standard InChI is InChI=1S/C18H16ClN5O3/c1-26-13-9-8-12(14(19)16(13)27-2)10-20-23-18-21-17(25)15(22-24-18)11-6-4-3-5-7-11/h3-10H,1-2H3,(H2,21,23,24,25)/b20-10+. The Morgan fingerprint density at radius 3 is 2.56 bits per heavy atom. The molecule has 0 amide bonds. The SMILES string of the molecule is COc1ccc(/C=N/Nc2nnc(-c3ccccc3)c(=O)[nH]2)c(Cl)c1OC. The van der Waals surface area contributed by atoms with Gasteiger partial charge in [-0.3, -0.25) is 9.78 Å². The quantitative estimate of drug-likeness (QED) is 0.499. The Morgan fingerprint density at radius 1 is 1.11 bits per heavy atom. The summed E-state index contributed by atoms with van der Waals surface area (Å²) in [5.74, 6) is 1.02. The molecule has 0 aliphatic rings. The molecule has 0 fully saturated rings. The van der Waals surface area contributed by atoms with E-state index in [9.17, 15) is 4.79 Å². The molecule has 27 heavy (non-hydrogen) atoms. The number of anilines is 1. The van der Waals surface area contributed by atoms with Gasteiger partial charge in [0.05, 0.1) is 25.5 Å². The van der Waals surface area contributed by atoms with Gasteiger partial charge in [-0.15, -0.1) is 10.2 Å². The molecule has 0 saturated heterocycles. The summed E-state index contributed by atoms with van der Waals surface area (Å²) in [6.07, 6.45) is 1.47. The summed E-state index contributed by atoms with van der Waals surface area (Å²) < 4.78 is 10.4. The van der Waals surface area contributed by atoms with Gasteiger partial charge < -0.3 is 9.47 Å². The second-order valence-corrected chi connectivity index (χ2v) is 5.67. The van der Waals surface area contributed by atoms with E-state index >= 15 is 0 Å². The lowest BCUT2D eigenvalue weighted by atomic mass is 10.2. The number of nitrogens with zero attached hydrogens (tertiary/aromatic N) is 3.